The first-order valence-electron chi connectivity index (χ1n) is 17.2. The van der Waals surface area contributed by atoms with E-state index in [4.69, 9.17) is 21.4 Å². The molecule has 10 heteroatoms. The predicted molar refractivity (Wildman–Crippen MR) is 204 cm³/mol. The first-order valence-corrected chi connectivity index (χ1v) is 17.2. The fourth-order valence-corrected chi connectivity index (χ4v) is 4.57. The van der Waals surface area contributed by atoms with Crippen LogP contribution in [0.5, 0.6) is 0 Å². The Bertz CT molecular complexity index is 1590. The van der Waals surface area contributed by atoms with Crippen LogP contribution in [0.15, 0.2) is 109 Å². The topological polar surface area (TPSA) is 119 Å². The Morgan fingerprint density at radius 2 is 1.13 bits per heavy atom. The summed E-state index contributed by atoms with van der Waals surface area (Å²) in [5, 5.41) is 40.3. The summed E-state index contributed by atoms with van der Waals surface area (Å²) in [4.78, 5) is 11.9. The minimum Gasteiger partial charge on any atom is -0.444 e. The molecule has 0 fully saturated rings. The quantitative estimate of drug-likeness (QED) is 0.115. The van der Waals surface area contributed by atoms with E-state index < -0.39 is 41.7 Å². The van der Waals surface area contributed by atoms with Gasteiger partial charge in [0, 0.05) is 6.42 Å². The summed E-state index contributed by atoms with van der Waals surface area (Å²) in [6, 6.07) is 31.4. The van der Waals surface area contributed by atoms with Crippen molar-refractivity contribution >= 4 is 6.09 Å². The van der Waals surface area contributed by atoms with E-state index in [2.05, 4.69) is 11.2 Å². The first-order chi connectivity index (χ1) is 24.7. The molecule has 0 bridgehead atoms. The van der Waals surface area contributed by atoms with Crippen LogP contribution in [0.25, 0.3) is 0 Å². The second-order valence-corrected chi connectivity index (χ2v) is 13.3. The van der Waals surface area contributed by atoms with Crippen molar-refractivity contribution in [2.75, 3.05) is 0 Å². The van der Waals surface area contributed by atoms with Crippen molar-refractivity contribution in [1.29, 1.82) is 0 Å². The molecular weight excluding hydrogens is 683 g/mol. The number of alkyl carbamates (subject to hydrolysis) is 1. The Balaban J connectivity index is 0.000000377. The number of aryl methyl sites for hydroxylation is 1. The molecule has 0 aromatic heterocycles. The largest absolute Gasteiger partial charge is 0.444 e. The third-order valence-electron chi connectivity index (χ3n) is 7.30. The highest BCUT2D eigenvalue weighted by atomic mass is 19.4. The predicted octanol–water partition coefficient (Wildman–Crippen LogP) is 9.57. The fourth-order valence-electron chi connectivity index (χ4n) is 4.57. The van der Waals surface area contributed by atoms with Gasteiger partial charge in [-0.05, 0) is 89.3 Å². The second kappa shape index (κ2) is 23.1. The number of amides is 1. The van der Waals surface area contributed by atoms with Gasteiger partial charge < -0.3 is 30.5 Å². The maximum absolute atomic E-state index is 12.3. The summed E-state index contributed by atoms with van der Waals surface area (Å²) in [7, 11) is 0. The number of halogens is 3. The number of aliphatic hydroxyl groups is 4. The third-order valence-corrected chi connectivity index (χ3v) is 7.30. The molecule has 0 aliphatic heterocycles. The van der Waals surface area contributed by atoms with Crippen molar-refractivity contribution in [1.82, 2.24) is 5.32 Å². The van der Waals surface area contributed by atoms with Crippen molar-refractivity contribution < 1.29 is 43.1 Å². The van der Waals surface area contributed by atoms with Crippen molar-refractivity contribution in [2.24, 2.45) is 0 Å². The van der Waals surface area contributed by atoms with E-state index in [1.807, 2.05) is 91.0 Å². The maximum Gasteiger partial charge on any atom is 0.416 e. The summed E-state index contributed by atoms with van der Waals surface area (Å²) >= 11 is 0. The molecule has 5 N–H and O–H groups in total. The van der Waals surface area contributed by atoms with Crippen LogP contribution in [0.2, 0.25) is 0 Å². The number of carbonyl (C=O) groups is 1. The van der Waals surface area contributed by atoms with E-state index in [0.29, 0.717) is 18.4 Å². The molecule has 0 aliphatic rings. The van der Waals surface area contributed by atoms with Crippen LogP contribution < -0.4 is 5.32 Å². The van der Waals surface area contributed by atoms with Gasteiger partial charge in [-0.1, -0.05) is 103 Å². The molecule has 1 amide bonds. The molecule has 4 aromatic carbocycles. The molecule has 0 aliphatic carbocycles. The van der Waals surface area contributed by atoms with E-state index in [1.54, 1.807) is 47.6 Å². The van der Waals surface area contributed by atoms with Gasteiger partial charge in [-0.3, -0.25) is 0 Å². The number of ether oxygens (including phenoxy) is 1. The molecule has 4 rings (SSSR count). The van der Waals surface area contributed by atoms with Gasteiger partial charge in [0.25, 0.3) is 0 Å². The van der Waals surface area contributed by atoms with E-state index in [1.165, 1.54) is 6.92 Å². The van der Waals surface area contributed by atoms with Gasteiger partial charge in [-0.25, -0.2) is 4.79 Å². The number of hydrogen-bond acceptors (Lipinski definition) is 6. The average molecular weight is 738 g/mol. The van der Waals surface area contributed by atoms with Gasteiger partial charge in [-0.2, -0.15) is 13.2 Å². The van der Waals surface area contributed by atoms with Crippen LogP contribution in [0, 0.1) is 19.3 Å². The average Bonchev–Trinajstić information content (AvgIpc) is 3.10. The molecule has 0 heterocycles. The lowest BCUT2D eigenvalue weighted by Gasteiger charge is -2.26. The summed E-state index contributed by atoms with van der Waals surface area (Å²) in [6.07, 6.45) is -1.08. The molecule has 4 aromatic rings. The number of benzene rings is 4. The molecule has 0 radical (unpaired) electrons. The van der Waals surface area contributed by atoms with E-state index in [-0.39, 0.29) is 17.8 Å². The molecular formula is C43H54F3NO6. The minimum atomic E-state index is -4.35. The summed E-state index contributed by atoms with van der Waals surface area (Å²) in [6.45, 7) is 11.9. The van der Waals surface area contributed by atoms with Crippen LogP contribution in [-0.2, 0) is 10.9 Å². The Labute approximate surface area is 312 Å². The van der Waals surface area contributed by atoms with Crippen LogP contribution >= 0.6 is 0 Å². The minimum absolute atomic E-state index is 0.289. The van der Waals surface area contributed by atoms with Crippen LogP contribution in [0.3, 0.4) is 0 Å². The van der Waals surface area contributed by atoms with E-state index in [9.17, 15) is 28.2 Å². The van der Waals surface area contributed by atoms with Crippen LogP contribution in [0.4, 0.5) is 18.0 Å². The molecule has 53 heavy (non-hydrogen) atoms. The standard InChI is InChI=1S/C17H23NO3.C10H11F3O.2C8H10O/c1-5-6-12-14(18-16(20)21-17(2,3)4)15(19)13-10-8-7-9-11-13;1-6-3-8(7(2)14)5-9(4-6)10(11,12)13;2*1-7(9)8-5-3-2-4-6-8/h1,7-11,14-15,19H,6,12H2,2-4H3,(H,18,20);3-5,7,14H,1-2H3;2*2-7,9H,1H3/t14-,15-;3*7-/m1110/s1. The Hall–Kier alpha value is -4.66. The number of rotatable bonds is 8. The second-order valence-electron chi connectivity index (χ2n) is 13.3. The summed E-state index contributed by atoms with van der Waals surface area (Å²) in [5.74, 6) is 2.52. The lowest BCUT2D eigenvalue weighted by atomic mass is 9.98. The van der Waals surface area contributed by atoms with E-state index >= 15 is 0 Å². The van der Waals surface area contributed by atoms with Gasteiger partial charge in [0.05, 0.1) is 36.0 Å². The number of terminal acetylenes is 1. The number of carbonyl (C=O) groups excluding carboxylic acids is 1. The van der Waals surface area contributed by atoms with Crippen molar-refractivity contribution in [2.45, 2.75) is 104 Å². The van der Waals surface area contributed by atoms with Gasteiger partial charge in [0.15, 0.2) is 0 Å². The monoisotopic (exact) mass is 737 g/mol. The Kier molecular flexibility index (Phi) is 20.2. The van der Waals surface area contributed by atoms with Gasteiger partial charge in [0.1, 0.15) is 5.60 Å². The zero-order valence-electron chi connectivity index (χ0n) is 31.5. The molecule has 5 atom stereocenters. The van der Waals surface area contributed by atoms with Crippen molar-refractivity contribution in [3.05, 3.63) is 143 Å². The Morgan fingerprint density at radius 1 is 0.717 bits per heavy atom. The summed E-state index contributed by atoms with van der Waals surface area (Å²) < 4.78 is 42.2. The lowest BCUT2D eigenvalue weighted by molar-refractivity contribution is -0.137. The number of alkyl halides is 3. The van der Waals surface area contributed by atoms with Crippen LogP contribution in [-0.4, -0.2) is 38.2 Å². The fraction of sp³-hybridized carbons (Fsp3) is 0.372. The van der Waals surface area contributed by atoms with Gasteiger partial charge >= 0.3 is 12.3 Å². The highest BCUT2D eigenvalue weighted by molar-refractivity contribution is 5.68. The Morgan fingerprint density at radius 3 is 1.47 bits per heavy atom. The first kappa shape index (κ1) is 46.4. The molecule has 7 nitrogen and oxygen atoms in total. The molecule has 0 saturated carbocycles. The van der Waals surface area contributed by atoms with Crippen LogP contribution in [0.1, 0.15) is 112 Å². The molecule has 0 spiro atoms. The highest BCUT2D eigenvalue weighted by Gasteiger charge is 2.31. The summed E-state index contributed by atoms with van der Waals surface area (Å²) in [5.41, 5.74) is 2.16. The zero-order chi connectivity index (χ0) is 40.2. The SMILES string of the molecule is C#CCC[C@@H](NC(=O)OC(C)(C)C)[C@H](O)c1ccccc1.C[C@@H](O)c1ccccc1.C[C@H](O)c1ccccc1.Cc1cc([C@@H](C)O)cc(C(F)(F)F)c1. The van der Waals surface area contributed by atoms with Crippen molar-refractivity contribution in [3.63, 3.8) is 0 Å². The smallest absolute Gasteiger partial charge is 0.416 e. The third kappa shape index (κ3) is 19.7. The number of hydrogen-bond donors (Lipinski definition) is 5. The zero-order valence-corrected chi connectivity index (χ0v) is 31.5. The molecule has 288 valence electrons. The maximum atomic E-state index is 12.3. The normalized spacial score (nSPS) is 13.7. The molecule has 0 saturated heterocycles. The number of aliphatic hydroxyl groups excluding tert-OH is 4. The van der Waals surface area contributed by atoms with Crippen molar-refractivity contribution in [3.8, 4) is 12.3 Å². The van der Waals surface area contributed by atoms with Gasteiger partial charge in [0.2, 0.25) is 0 Å². The lowest BCUT2D eigenvalue weighted by Crippen LogP contribution is -2.42. The van der Waals surface area contributed by atoms with E-state index in [0.717, 1.165) is 28.8 Å². The molecule has 0 unspecified atom stereocenters. The van der Waals surface area contributed by atoms with Gasteiger partial charge in [-0.15, -0.1) is 12.3 Å². The highest BCUT2D eigenvalue weighted by Crippen LogP contribution is 2.31. The number of nitrogens with one attached hydrogen (secondary N) is 1.